The van der Waals surface area contributed by atoms with Crippen molar-refractivity contribution in [1.82, 2.24) is 26.6 Å². The molecule has 1 rings (SSSR count). The number of halogens is 2. The first-order chi connectivity index (χ1) is 10.3. The van der Waals surface area contributed by atoms with Gasteiger partial charge in [0.1, 0.15) is 0 Å². The van der Waals surface area contributed by atoms with Gasteiger partial charge >= 0.3 is 33.3 Å². The Hall–Kier alpha value is 0.459. The number of nitrogens with one attached hydrogen (secondary N) is 5. The van der Waals surface area contributed by atoms with Crippen LogP contribution >= 0.6 is 20.2 Å². The molecule has 1 atom stereocenters. The van der Waals surface area contributed by atoms with Crippen LogP contribution in [0.15, 0.2) is 0 Å². The van der Waals surface area contributed by atoms with Crippen LogP contribution in [0.3, 0.4) is 0 Å². The molecular weight excluding hydrogens is 352 g/mol. The van der Waals surface area contributed by atoms with Gasteiger partial charge in [0.15, 0.2) is 0 Å². The molecular formula is C13H27Cl2MnN5. The number of rotatable bonds is 1. The quantitative estimate of drug-likeness (QED) is 0.321. The molecule has 1 aliphatic rings. The number of hydrogen-bond acceptors (Lipinski definition) is 5. The molecule has 1 heterocycles. The van der Waals surface area contributed by atoms with Crippen molar-refractivity contribution in [2.75, 3.05) is 58.9 Å². The van der Waals surface area contributed by atoms with E-state index in [-0.39, 0.29) is 13.1 Å². The Morgan fingerprint density at radius 2 is 1.29 bits per heavy atom. The maximum atomic E-state index is 5.39. The molecule has 8 heteroatoms. The summed E-state index contributed by atoms with van der Waals surface area (Å²) < 4.78 is 0. The fraction of sp³-hybridized carbons (Fsp3) is 0.846. The Morgan fingerprint density at radius 1 is 0.857 bits per heavy atom. The van der Waals surface area contributed by atoms with Crippen molar-refractivity contribution < 1.29 is 13.1 Å². The van der Waals surface area contributed by atoms with Crippen molar-refractivity contribution in [2.45, 2.75) is 12.5 Å². The van der Waals surface area contributed by atoms with Crippen molar-refractivity contribution in [3.63, 3.8) is 0 Å². The minimum atomic E-state index is 0.00694. The molecule has 0 amide bonds. The molecule has 0 saturated carbocycles. The molecule has 0 aromatic carbocycles. The summed E-state index contributed by atoms with van der Waals surface area (Å²) in [6, 6.07) is 0.375. The summed E-state index contributed by atoms with van der Waals surface area (Å²) in [6.07, 6.45) is 6.17. The zero-order valence-corrected chi connectivity index (χ0v) is 15.1. The number of terminal acetylenes is 1. The molecule has 1 saturated heterocycles. The topological polar surface area (TPSA) is 60.1 Å². The second-order valence-corrected chi connectivity index (χ2v) is 6.52. The van der Waals surface area contributed by atoms with Crippen molar-refractivity contribution in [1.29, 1.82) is 0 Å². The molecule has 5 nitrogen and oxygen atoms in total. The van der Waals surface area contributed by atoms with E-state index in [2.05, 4.69) is 32.5 Å². The van der Waals surface area contributed by atoms with E-state index in [0.29, 0.717) is 6.04 Å². The molecule has 0 aromatic rings. The molecule has 0 radical (unpaired) electrons. The minimum absolute atomic E-state index is 0.00694. The molecule has 1 aliphatic heterocycles. The molecule has 21 heavy (non-hydrogen) atoms. The van der Waals surface area contributed by atoms with E-state index in [9.17, 15) is 0 Å². The Labute approximate surface area is 143 Å². The van der Waals surface area contributed by atoms with Gasteiger partial charge in [-0.1, -0.05) is 0 Å². The summed E-state index contributed by atoms with van der Waals surface area (Å²) in [6.45, 7) is 8.96. The van der Waals surface area contributed by atoms with Crippen molar-refractivity contribution in [3.8, 4) is 12.3 Å². The van der Waals surface area contributed by atoms with Gasteiger partial charge in [-0.2, -0.15) is 0 Å². The summed E-state index contributed by atoms with van der Waals surface area (Å²) >= 11 is 0.00694. The van der Waals surface area contributed by atoms with E-state index < -0.39 is 0 Å². The Balaban J connectivity index is 0.00000122. The maximum absolute atomic E-state index is 5.39. The van der Waals surface area contributed by atoms with Crippen LogP contribution in [0.25, 0.3) is 0 Å². The van der Waals surface area contributed by atoms with Crippen LogP contribution in [0.1, 0.15) is 6.42 Å². The van der Waals surface area contributed by atoms with E-state index in [1.54, 1.807) is 0 Å². The fourth-order valence-corrected chi connectivity index (χ4v) is 1.91. The van der Waals surface area contributed by atoms with Crippen molar-refractivity contribution in [2.24, 2.45) is 0 Å². The Morgan fingerprint density at radius 3 is 1.76 bits per heavy atom. The van der Waals surface area contributed by atoms with Crippen molar-refractivity contribution >= 4 is 20.2 Å². The summed E-state index contributed by atoms with van der Waals surface area (Å²) in [7, 11) is 9.59. The van der Waals surface area contributed by atoms with Crippen LogP contribution in [-0.4, -0.2) is 64.9 Å². The predicted molar refractivity (Wildman–Crippen MR) is 88.4 cm³/mol. The van der Waals surface area contributed by atoms with Crippen LogP contribution in [0, 0.1) is 12.3 Å². The van der Waals surface area contributed by atoms with Gasteiger partial charge in [0, 0.05) is 71.4 Å². The summed E-state index contributed by atoms with van der Waals surface area (Å²) in [4.78, 5) is 0. The molecule has 0 aliphatic carbocycles. The van der Waals surface area contributed by atoms with Crippen molar-refractivity contribution in [3.05, 3.63) is 0 Å². The van der Waals surface area contributed by atoms with Crippen LogP contribution < -0.4 is 26.6 Å². The van der Waals surface area contributed by atoms with Gasteiger partial charge in [-0.25, -0.2) is 0 Å². The molecule has 1 unspecified atom stereocenters. The Bertz CT molecular complexity index is 237. The first-order valence-corrected chi connectivity index (χ1v) is 10.5. The van der Waals surface area contributed by atoms with Gasteiger partial charge in [-0.05, 0) is 0 Å². The van der Waals surface area contributed by atoms with Gasteiger partial charge in [-0.15, -0.1) is 12.3 Å². The third kappa shape index (κ3) is 16.7. The SMILES string of the molecule is C#CCC1CNCCNCCNCCNCCN1.[Cl][Mn][Cl]. The van der Waals surface area contributed by atoms with Gasteiger partial charge in [-0.3, -0.25) is 0 Å². The second-order valence-electron chi connectivity index (χ2n) is 4.57. The average Bonchev–Trinajstić information content (AvgIpc) is 2.48. The predicted octanol–water partition coefficient (Wildman–Crippen LogP) is -0.284. The summed E-state index contributed by atoms with van der Waals surface area (Å²) in [5.74, 6) is 2.73. The fourth-order valence-electron chi connectivity index (χ4n) is 1.91. The molecule has 0 bridgehead atoms. The van der Waals surface area contributed by atoms with Crippen LogP contribution in [-0.2, 0) is 13.1 Å². The first-order valence-electron chi connectivity index (χ1n) is 7.22. The van der Waals surface area contributed by atoms with E-state index in [1.807, 2.05) is 0 Å². The van der Waals surface area contributed by atoms with Gasteiger partial charge in [0.25, 0.3) is 0 Å². The Kier molecular flexibility index (Phi) is 18.9. The summed E-state index contributed by atoms with van der Waals surface area (Å²) in [5, 5.41) is 17.1. The molecule has 5 N–H and O–H groups in total. The van der Waals surface area contributed by atoms with Gasteiger partial charge < -0.3 is 26.6 Å². The van der Waals surface area contributed by atoms with Crippen LogP contribution in [0.4, 0.5) is 0 Å². The summed E-state index contributed by atoms with van der Waals surface area (Å²) in [5.41, 5.74) is 0. The van der Waals surface area contributed by atoms with Crippen LogP contribution in [0.2, 0.25) is 0 Å². The molecule has 125 valence electrons. The normalized spacial score (nSPS) is 22.8. The molecule has 1 fully saturated rings. The molecule has 0 spiro atoms. The second kappa shape index (κ2) is 18.5. The van der Waals surface area contributed by atoms with E-state index in [0.717, 1.165) is 65.3 Å². The molecule has 0 aromatic heterocycles. The van der Waals surface area contributed by atoms with Gasteiger partial charge in [0.05, 0.1) is 0 Å². The monoisotopic (exact) mass is 378 g/mol. The van der Waals surface area contributed by atoms with E-state index in [4.69, 9.17) is 26.6 Å². The number of hydrogen-bond donors (Lipinski definition) is 5. The zero-order valence-electron chi connectivity index (χ0n) is 12.4. The van der Waals surface area contributed by atoms with E-state index >= 15 is 0 Å². The third-order valence-corrected chi connectivity index (χ3v) is 2.93. The average molecular weight is 379 g/mol. The van der Waals surface area contributed by atoms with Crippen LogP contribution in [0.5, 0.6) is 0 Å². The third-order valence-electron chi connectivity index (χ3n) is 2.93. The van der Waals surface area contributed by atoms with E-state index in [1.165, 1.54) is 0 Å². The zero-order chi connectivity index (χ0) is 15.6. The van der Waals surface area contributed by atoms with Gasteiger partial charge in [0.2, 0.25) is 0 Å². The standard InChI is InChI=1S/C13H27N5.2ClH.Mn/c1-2-3-13-12-17-9-8-15-5-4-14-6-7-16-10-11-18-13;;;/h1,13-18H,3-12H2;2*1H;/q;;;+2/p-2. The first kappa shape index (κ1) is 21.5.